The van der Waals surface area contributed by atoms with E-state index < -0.39 is 6.10 Å². The van der Waals surface area contributed by atoms with Crippen molar-refractivity contribution in [3.05, 3.63) is 30.1 Å². The van der Waals surface area contributed by atoms with E-state index in [2.05, 4.69) is 10.3 Å². The Morgan fingerprint density at radius 1 is 1.57 bits per heavy atom. The van der Waals surface area contributed by atoms with Crippen molar-refractivity contribution in [2.24, 2.45) is 0 Å². The molecule has 2 N–H and O–H groups in total. The zero-order valence-corrected chi connectivity index (χ0v) is 8.10. The van der Waals surface area contributed by atoms with Gasteiger partial charge in [0.1, 0.15) is 6.10 Å². The summed E-state index contributed by atoms with van der Waals surface area (Å²) in [5.74, 6) is -0.334. The Bertz CT molecular complexity index is 285. The molecule has 1 aromatic rings. The largest absolute Gasteiger partial charge is 0.384 e. The van der Waals surface area contributed by atoms with Crippen LogP contribution in [-0.2, 0) is 11.2 Å². The first-order valence-electron chi connectivity index (χ1n) is 4.55. The number of aliphatic hydroxyl groups is 1. The fourth-order valence-electron chi connectivity index (χ4n) is 1.03. The number of hydrogen-bond donors (Lipinski definition) is 2. The molecule has 76 valence electrons. The molecule has 0 aliphatic rings. The van der Waals surface area contributed by atoms with E-state index in [1.807, 2.05) is 12.1 Å². The van der Waals surface area contributed by atoms with Gasteiger partial charge in [-0.3, -0.25) is 9.78 Å². The zero-order chi connectivity index (χ0) is 10.4. The molecule has 1 amide bonds. The maximum absolute atomic E-state index is 11.0. The molecule has 0 bridgehead atoms. The minimum Gasteiger partial charge on any atom is -0.384 e. The smallest absolute Gasteiger partial charge is 0.248 e. The van der Waals surface area contributed by atoms with E-state index in [1.165, 1.54) is 6.92 Å². The molecule has 0 spiro atoms. The van der Waals surface area contributed by atoms with Crippen molar-refractivity contribution in [3.8, 4) is 0 Å². The van der Waals surface area contributed by atoms with Crippen LogP contribution in [0.4, 0.5) is 0 Å². The number of carbonyl (C=O) groups excluding carboxylic acids is 1. The van der Waals surface area contributed by atoms with Crippen molar-refractivity contribution < 1.29 is 9.90 Å². The van der Waals surface area contributed by atoms with Crippen LogP contribution in [0, 0.1) is 0 Å². The minimum absolute atomic E-state index is 0.334. The first-order chi connectivity index (χ1) is 6.70. The summed E-state index contributed by atoms with van der Waals surface area (Å²) >= 11 is 0. The molecular formula is C10H14N2O2. The second kappa shape index (κ2) is 5.34. The Balaban J connectivity index is 2.26. The summed E-state index contributed by atoms with van der Waals surface area (Å²) in [6.45, 7) is 1.98. The van der Waals surface area contributed by atoms with Gasteiger partial charge in [-0.25, -0.2) is 0 Å². The van der Waals surface area contributed by atoms with Crippen LogP contribution in [0.1, 0.15) is 12.5 Å². The number of hydrogen-bond acceptors (Lipinski definition) is 3. The lowest BCUT2D eigenvalue weighted by molar-refractivity contribution is -0.128. The van der Waals surface area contributed by atoms with Crippen LogP contribution >= 0.6 is 0 Å². The third kappa shape index (κ3) is 3.53. The molecule has 0 aromatic carbocycles. The van der Waals surface area contributed by atoms with E-state index in [0.717, 1.165) is 12.0 Å². The fraction of sp³-hybridized carbons (Fsp3) is 0.400. The van der Waals surface area contributed by atoms with Gasteiger partial charge in [0, 0.05) is 18.9 Å². The molecule has 0 unspecified atom stereocenters. The second-order valence-corrected chi connectivity index (χ2v) is 3.07. The van der Waals surface area contributed by atoms with Gasteiger partial charge >= 0.3 is 0 Å². The molecule has 0 saturated heterocycles. The number of amides is 1. The molecule has 4 heteroatoms. The lowest BCUT2D eigenvalue weighted by Gasteiger charge is -2.06. The molecule has 1 aromatic heterocycles. The van der Waals surface area contributed by atoms with Crippen molar-refractivity contribution in [3.63, 3.8) is 0 Å². The molecule has 0 aliphatic carbocycles. The van der Waals surface area contributed by atoms with Gasteiger partial charge in [-0.1, -0.05) is 0 Å². The highest BCUT2D eigenvalue weighted by atomic mass is 16.3. The van der Waals surface area contributed by atoms with E-state index >= 15 is 0 Å². The number of aliphatic hydroxyl groups excluding tert-OH is 1. The van der Waals surface area contributed by atoms with Crippen LogP contribution in [0.15, 0.2) is 24.5 Å². The van der Waals surface area contributed by atoms with Crippen LogP contribution in [0.2, 0.25) is 0 Å². The molecule has 1 heterocycles. The summed E-state index contributed by atoms with van der Waals surface area (Å²) in [7, 11) is 0. The standard InChI is InChI=1S/C10H14N2O2/c1-8(13)10(14)12-7-4-9-2-5-11-6-3-9/h2-3,5-6,8,13H,4,7H2,1H3,(H,12,14)/t8-/m1/s1. The summed E-state index contributed by atoms with van der Waals surface area (Å²) in [5, 5.41) is 11.5. The Hall–Kier alpha value is -1.42. The fourth-order valence-corrected chi connectivity index (χ4v) is 1.03. The minimum atomic E-state index is -0.938. The van der Waals surface area contributed by atoms with Crippen molar-refractivity contribution in [2.75, 3.05) is 6.54 Å². The van der Waals surface area contributed by atoms with Gasteiger partial charge < -0.3 is 10.4 Å². The van der Waals surface area contributed by atoms with Gasteiger partial charge in [0.2, 0.25) is 5.91 Å². The number of aromatic nitrogens is 1. The Morgan fingerprint density at radius 2 is 2.21 bits per heavy atom. The number of pyridine rings is 1. The van der Waals surface area contributed by atoms with E-state index in [4.69, 9.17) is 5.11 Å². The first-order valence-corrected chi connectivity index (χ1v) is 4.55. The molecule has 0 radical (unpaired) electrons. The Morgan fingerprint density at radius 3 is 2.79 bits per heavy atom. The lowest BCUT2D eigenvalue weighted by Crippen LogP contribution is -2.33. The van der Waals surface area contributed by atoms with Crippen LogP contribution in [-0.4, -0.2) is 28.6 Å². The molecule has 1 rings (SSSR count). The van der Waals surface area contributed by atoms with Gasteiger partial charge in [0.15, 0.2) is 0 Å². The molecular weight excluding hydrogens is 180 g/mol. The average Bonchev–Trinajstić information content (AvgIpc) is 2.19. The van der Waals surface area contributed by atoms with Gasteiger partial charge in [-0.15, -0.1) is 0 Å². The highest BCUT2D eigenvalue weighted by molar-refractivity contribution is 5.79. The van der Waals surface area contributed by atoms with Crippen LogP contribution in [0.5, 0.6) is 0 Å². The second-order valence-electron chi connectivity index (χ2n) is 3.07. The van der Waals surface area contributed by atoms with Crippen molar-refractivity contribution in [2.45, 2.75) is 19.4 Å². The summed E-state index contributed by atoms with van der Waals surface area (Å²) < 4.78 is 0. The van der Waals surface area contributed by atoms with Crippen molar-refractivity contribution in [1.29, 1.82) is 0 Å². The Labute approximate surface area is 83.0 Å². The van der Waals surface area contributed by atoms with Gasteiger partial charge in [-0.05, 0) is 31.0 Å². The monoisotopic (exact) mass is 194 g/mol. The summed E-state index contributed by atoms with van der Waals surface area (Å²) in [5.41, 5.74) is 1.12. The molecule has 1 atom stereocenters. The zero-order valence-electron chi connectivity index (χ0n) is 8.10. The van der Waals surface area contributed by atoms with Crippen LogP contribution in [0.3, 0.4) is 0 Å². The topological polar surface area (TPSA) is 62.2 Å². The number of nitrogens with one attached hydrogen (secondary N) is 1. The predicted molar refractivity (Wildman–Crippen MR) is 52.6 cm³/mol. The summed E-state index contributed by atoms with van der Waals surface area (Å²) in [6, 6.07) is 3.79. The maximum atomic E-state index is 11.0. The third-order valence-corrected chi connectivity index (χ3v) is 1.84. The quantitative estimate of drug-likeness (QED) is 0.715. The molecule has 4 nitrogen and oxygen atoms in total. The summed E-state index contributed by atoms with van der Waals surface area (Å²) in [6.07, 6.45) is 3.24. The molecule has 0 aliphatic heterocycles. The van der Waals surface area contributed by atoms with Crippen LogP contribution < -0.4 is 5.32 Å². The van der Waals surface area contributed by atoms with E-state index in [0.29, 0.717) is 6.54 Å². The summed E-state index contributed by atoms with van der Waals surface area (Å²) in [4.78, 5) is 14.8. The van der Waals surface area contributed by atoms with E-state index in [9.17, 15) is 4.79 Å². The number of carbonyl (C=O) groups is 1. The normalized spacial score (nSPS) is 12.1. The van der Waals surface area contributed by atoms with Gasteiger partial charge in [0.05, 0.1) is 0 Å². The lowest BCUT2D eigenvalue weighted by atomic mass is 10.2. The highest BCUT2D eigenvalue weighted by Gasteiger charge is 2.06. The van der Waals surface area contributed by atoms with Crippen molar-refractivity contribution in [1.82, 2.24) is 10.3 Å². The highest BCUT2D eigenvalue weighted by Crippen LogP contribution is 1.95. The Kier molecular flexibility index (Phi) is 4.07. The SMILES string of the molecule is C[C@@H](O)C(=O)NCCc1ccncc1. The molecule has 14 heavy (non-hydrogen) atoms. The van der Waals surface area contributed by atoms with E-state index in [-0.39, 0.29) is 5.91 Å². The number of nitrogens with zero attached hydrogens (tertiary/aromatic N) is 1. The van der Waals surface area contributed by atoms with E-state index in [1.54, 1.807) is 12.4 Å². The van der Waals surface area contributed by atoms with Crippen LogP contribution in [0.25, 0.3) is 0 Å². The van der Waals surface area contributed by atoms with Gasteiger partial charge in [-0.2, -0.15) is 0 Å². The molecule has 0 saturated carbocycles. The first kappa shape index (κ1) is 10.7. The third-order valence-electron chi connectivity index (χ3n) is 1.84. The maximum Gasteiger partial charge on any atom is 0.248 e. The molecule has 0 fully saturated rings. The number of rotatable bonds is 4. The average molecular weight is 194 g/mol. The van der Waals surface area contributed by atoms with Crippen molar-refractivity contribution >= 4 is 5.91 Å². The predicted octanol–water partition coefficient (Wildman–Crippen LogP) is 0.121. The van der Waals surface area contributed by atoms with Gasteiger partial charge in [0.25, 0.3) is 0 Å².